The Bertz CT molecular complexity index is 838. The Balaban J connectivity index is 0.000000304. The van der Waals surface area contributed by atoms with Crippen molar-refractivity contribution in [2.24, 2.45) is 5.73 Å². The molecule has 0 aliphatic rings. The zero-order chi connectivity index (χ0) is 23.1. The molecular weight excluding hydrogens is 408 g/mol. The lowest BCUT2D eigenvalue weighted by molar-refractivity contribution is 0.111. The van der Waals surface area contributed by atoms with Gasteiger partial charge in [-0.15, -0.1) is 0 Å². The summed E-state index contributed by atoms with van der Waals surface area (Å²) in [5.74, 6) is 0.340. The van der Waals surface area contributed by atoms with E-state index in [9.17, 15) is 4.79 Å². The molecule has 3 unspecified atom stereocenters. The molecule has 3 aromatic rings. The zero-order valence-electron chi connectivity index (χ0n) is 18.5. The molecular formula is C26H33ClN2O2. The van der Waals surface area contributed by atoms with Crippen molar-refractivity contribution in [3.63, 3.8) is 0 Å². The van der Waals surface area contributed by atoms with Crippen molar-refractivity contribution in [1.82, 2.24) is 4.98 Å². The fraction of sp³-hybridized carbons (Fsp3) is 0.308. The lowest BCUT2D eigenvalue weighted by Gasteiger charge is -2.21. The van der Waals surface area contributed by atoms with E-state index in [-0.39, 0.29) is 12.1 Å². The number of halogens is 1. The van der Waals surface area contributed by atoms with Crippen LogP contribution >= 0.6 is 11.6 Å². The van der Waals surface area contributed by atoms with Gasteiger partial charge in [0.25, 0.3) is 0 Å². The number of pyridine rings is 1. The number of aliphatic hydroxyl groups excluding tert-OH is 1. The number of carbonyl (C=O) groups excluding carboxylic acids is 1. The standard InChI is InChI=1S/C16H18ClN.C6H5NO.C4H10O/c1-12(18)16(14-5-3-2-4-6-14)11-13-7-9-15(17)10-8-13;8-5-6-3-1-2-4-7-6;1-3-4(2)5/h2-10,12,16H,11,18H2,1H3;1-5H;4-5H,3H2,1-2H3. The highest BCUT2D eigenvalue weighted by Gasteiger charge is 2.16. The molecule has 3 N–H and O–H groups in total. The molecule has 1 heterocycles. The first-order chi connectivity index (χ1) is 14.9. The fourth-order valence-electron chi connectivity index (χ4n) is 2.63. The van der Waals surface area contributed by atoms with E-state index in [1.807, 2.05) is 25.1 Å². The molecule has 166 valence electrons. The Morgan fingerprint density at radius 2 is 1.58 bits per heavy atom. The average molecular weight is 441 g/mol. The van der Waals surface area contributed by atoms with Gasteiger partial charge in [0.05, 0.1) is 6.10 Å². The summed E-state index contributed by atoms with van der Waals surface area (Å²) in [5, 5.41) is 9.14. The summed E-state index contributed by atoms with van der Waals surface area (Å²) in [4.78, 5) is 13.7. The normalized spacial score (nSPS) is 12.8. The number of hydrogen-bond acceptors (Lipinski definition) is 4. The van der Waals surface area contributed by atoms with Crippen molar-refractivity contribution in [2.75, 3.05) is 0 Å². The van der Waals surface area contributed by atoms with Gasteiger partial charge in [-0.3, -0.25) is 9.78 Å². The molecule has 0 amide bonds. The second-order valence-electron chi connectivity index (χ2n) is 7.34. The number of aliphatic hydroxyl groups is 1. The molecule has 1 aromatic heterocycles. The maximum Gasteiger partial charge on any atom is 0.168 e. The molecule has 3 atom stereocenters. The van der Waals surface area contributed by atoms with Crippen LogP contribution in [-0.4, -0.2) is 28.5 Å². The minimum absolute atomic E-state index is 0.116. The summed E-state index contributed by atoms with van der Waals surface area (Å²) in [6, 6.07) is 23.8. The van der Waals surface area contributed by atoms with E-state index in [2.05, 4.69) is 48.3 Å². The molecule has 31 heavy (non-hydrogen) atoms. The van der Waals surface area contributed by atoms with Crippen molar-refractivity contribution in [2.45, 2.75) is 51.7 Å². The van der Waals surface area contributed by atoms with Crippen LogP contribution in [0.2, 0.25) is 5.02 Å². The van der Waals surface area contributed by atoms with Crippen molar-refractivity contribution >= 4 is 17.9 Å². The number of aromatic nitrogens is 1. The molecule has 5 heteroatoms. The lowest BCUT2D eigenvalue weighted by atomic mass is 9.87. The largest absolute Gasteiger partial charge is 0.393 e. The van der Waals surface area contributed by atoms with Gasteiger partial charge in [-0.2, -0.15) is 0 Å². The Labute approximate surface area is 191 Å². The summed E-state index contributed by atoms with van der Waals surface area (Å²) in [6.45, 7) is 5.79. The van der Waals surface area contributed by atoms with Crippen LogP contribution in [0.5, 0.6) is 0 Å². The predicted octanol–water partition coefficient (Wildman–Crippen LogP) is 5.68. The maximum absolute atomic E-state index is 9.94. The zero-order valence-corrected chi connectivity index (χ0v) is 19.2. The number of nitrogens with zero attached hydrogens (tertiary/aromatic N) is 1. The highest BCUT2D eigenvalue weighted by atomic mass is 35.5. The van der Waals surface area contributed by atoms with Gasteiger partial charge in [-0.05, 0) is 62.1 Å². The summed E-state index contributed by atoms with van der Waals surface area (Å²) in [6.07, 6.45) is 4.00. The van der Waals surface area contributed by atoms with Gasteiger partial charge in [0, 0.05) is 23.2 Å². The van der Waals surface area contributed by atoms with E-state index in [0.717, 1.165) is 24.2 Å². The van der Waals surface area contributed by atoms with Gasteiger partial charge >= 0.3 is 0 Å². The number of hydrogen-bond donors (Lipinski definition) is 2. The van der Waals surface area contributed by atoms with Crippen LogP contribution in [0.15, 0.2) is 79.0 Å². The minimum atomic E-state index is -0.116. The summed E-state index contributed by atoms with van der Waals surface area (Å²) in [7, 11) is 0. The first kappa shape index (κ1) is 26.5. The van der Waals surface area contributed by atoms with Crippen LogP contribution < -0.4 is 5.73 Å². The van der Waals surface area contributed by atoms with Gasteiger partial charge in [0.2, 0.25) is 0 Å². The van der Waals surface area contributed by atoms with Crippen molar-refractivity contribution in [3.05, 3.63) is 101 Å². The summed E-state index contributed by atoms with van der Waals surface area (Å²) in [5.41, 5.74) is 9.16. The molecule has 2 aromatic carbocycles. The van der Waals surface area contributed by atoms with E-state index in [4.69, 9.17) is 22.4 Å². The first-order valence-corrected chi connectivity index (χ1v) is 10.8. The van der Waals surface area contributed by atoms with E-state index in [1.165, 1.54) is 11.1 Å². The molecule has 0 spiro atoms. The lowest BCUT2D eigenvalue weighted by Crippen LogP contribution is -2.26. The van der Waals surface area contributed by atoms with Crippen molar-refractivity contribution in [1.29, 1.82) is 0 Å². The average Bonchev–Trinajstić information content (AvgIpc) is 2.80. The maximum atomic E-state index is 9.94. The third kappa shape index (κ3) is 11.4. The van der Waals surface area contributed by atoms with E-state index in [1.54, 1.807) is 31.3 Å². The highest BCUT2D eigenvalue weighted by Crippen LogP contribution is 2.24. The third-order valence-corrected chi connectivity index (χ3v) is 4.88. The predicted molar refractivity (Wildman–Crippen MR) is 130 cm³/mol. The fourth-order valence-corrected chi connectivity index (χ4v) is 2.75. The molecule has 0 saturated carbocycles. The second kappa shape index (κ2) is 15.3. The SMILES string of the molecule is CC(N)C(Cc1ccc(Cl)cc1)c1ccccc1.CCC(C)O.O=Cc1ccccn1. The highest BCUT2D eigenvalue weighted by molar-refractivity contribution is 6.30. The number of carbonyl (C=O) groups is 1. The smallest absolute Gasteiger partial charge is 0.168 e. The monoisotopic (exact) mass is 440 g/mol. The van der Waals surface area contributed by atoms with Crippen molar-refractivity contribution < 1.29 is 9.90 Å². The van der Waals surface area contributed by atoms with Crippen LogP contribution in [0.4, 0.5) is 0 Å². The molecule has 0 radical (unpaired) electrons. The molecule has 0 saturated heterocycles. The summed E-state index contributed by atoms with van der Waals surface area (Å²) < 4.78 is 0. The van der Waals surface area contributed by atoms with Crippen molar-refractivity contribution in [3.8, 4) is 0 Å². The van der Waals surface area contributed by atoms with Gasteiger partial charge in [0.1, 0.15) is 5.69 Å². The van der Waals surface area contributed by atoms with Crippen LogP contribution in [0.1, 0.15) is 54.7 Å². The number of rotatable bonds is 6. The quantitative estimate of drug-likeness (QED) is 0.483. The number of nitrogens with two attached hydrogens (primary N) is 1. The molecule has 0 fully saturated rings. The first-order valence-electron chi connectivity index (χ1n) is 10.5. The van der Waals surface area contributed by atoms with E-state index >= 15 is 0 Å². The van der Waals surface area contributed by atoms with Gasteiger partial charge < -0.3 is 10.8 Å². The summed E-state index contributed by atoms with van der Waals surface area (Å²) >= 11 is 5.90. The number of aldehydes is 1. The second-order valence-corrected chi connectivity index (χ2v) is 7.77. The van der Waals surface area contributed by atoms with Crippen LogP contribution in [0, 0.1) is 0 Å². The van der Waals surface area contributed by atoms with Crippen LogP contribution in [0.25, 0.3) is 0 Å². The Morgan fingerprint density at radius 1 is 1.00 bits per heavy atom. The Kier molecular flexibility index (Phi) is 13.1. The topological polar surface area (TPSA) is 76.2 Å². The van der Waals surface area contributed by atoms with Crippen LogP contribution in [0.3, 0.4) is 0 Å². The molecule has 3 rings (SSSR count). The molecule has 0 aliphatic heterocycles. The Hall–Kier alpha value is -2.53. The minimum Gasteiger partial charge on any atom is -0.393 e. The molecule has 4 nitrogen and oxygen atoms in total. The van der Waals surface area contributed by atoms with E-state index in [0.29, 0.717) is 11.6 Å². The molecule has 0 bridgehead atoms. The van der Waals surface area contributed by atoms with Gasteiger partial charge in [-0.25, -0.2) is 0 Å². The number of benzene rings is 2. The van der Waals surface area contributed by atoms with Gasteiger partial charge in [0.15, 0.2) is 6.29 Å². The third-order valence-electron chi connectivity index (χ3n) is 4.63. The van der Waals surface area contributed by atoms with Crippen LogP contribution in [-0.2, 0) is 6.42 Å². The van der Waals surface area contributed by atoms with E-state index < -0.39 is 0 Å². The van der Waals surface area contributed by atoms with Gasteiger partial charge in [-0.1, -0.05) is 67.1 Å². The Morgan fingerprint density at radius 3 is 2.00 bits per heavy atom. The molecule has 0 aliphatic carbocycles.